The molecule has 100 valence electrons. The van der Waals surface area contributed by atoms with Gasteiger partial charge in [-0.1, -0.05) is 0 Å². The number of nitriles is 1. The molecule has 1 heterocycles. The van der Waals surface area contributed by atoms with Crippen LogP contribution in [-0.4, -0.2) is 16.0 Å². The van der Waals surface area contributed by atoms with Gasteiger partial charge in [-0.15, -0.1) is 0 Å². The average molecular weight is 377 g/mol. The summed E-state index contributed by atoms with van der Waals surface area (Å²) in [6.07, 6.45) is 4.21. The molecule has 5 nitrogen and oxygen atoms in total. The largest absolute Gasteiger partial charge is 0.366 e. The number of benzene rings is 1. The molecule has 1 fully saturated rings. The second kappa shape index (κ2) is 5.63. The Labute approximate surface area is 130 Å². The molecule has 0 saturated heterocycles. The van der Waals surface area contributed by atoms with E-state index in [1.807, 2.05) is 12.1 Å². The van der Waals surface area contributed by atoms with Crippen LogP contribution in [0.4, 0.5) is 17.5 Å². The minimum absolute atomic E-state index is 0.554. The summed E-state index contributed by atoms with van der Waals surface area (Å²) in [7, 11) is 0. The van der Waals surface area contributed by atoms with Crippen LogP contribution in [0.25, 0.3) is 0 Å². The van der Waals surface area contributed by atoms with Crippen molar-refractivity contribution in [3.63, 3.8) is 0 Å². The highest BCUT2D eigenvalue weighted by Crippen LogP contribution is 2.27. The predicted molar refractivity (Wildman–Crippen MR) is 85.8 cm³/mol. The summed E-state index contributed by atoms with van der Waals surface area (Å²) in [5.41, 5.74) is 1.50. The molecule has 2 N–H and O–H groups in total. The van der Waals surface area contributed by atoms with Crippen molar-refractivity contribution in [1.29, 1.82) is 5.26 Å². The number of halogens is 1. The molecular weight excluding hydrogens is 365 g/mol. The maximum absolute atomic E-state index is 8.77. The van der Waals surface area contributed by atoms with Gasteiger partial charge in [-0.2, -0.15) is 10.2 Å². The summed E-state index contributed by atoms with van der Waals surface area (Å²) in [5.74, 6) is 1.43. The van der Waals surface area contributed by atoms with E-state index in [1.165, 1.54) is 12.8 Å². The zero-order chi connectivity index (χ0) is 13.9. The third-order valence-corrected chi connectivity index (χ3v) is 3.72. The number of nitrogens with zero attached hydrogens (tertiary/aromatic N) is 3. The molecule has 0 spiro atoms. The van der Waals surface area contributed by atoms with Crippen molar-refractivity contribution in [2.75, 3.05) is 10.6 Å². The van der Waals surface area contributed by atoms with E-state index >= 15 is 0 Å². The van der Waals surface area contributed by atoms with E-state index < -0.39 is 0 Å². The van der Waals surface area contributed by atoms with E-state index in [2.05, 4.69) is 49.3 Å². The molecule has 1 saturated carbocycles. The quantitative estimate of drug-likeness (QED) is 0.801. The summed E-state index contributed by atoms with van der Waals surface area (Å²) < 4.78 is 1.01. The zero-order valence-corrected chi connectivity index (χ0v) is 12.8. The minimum atomic E-state index is 0.554. The second-order valence-corrected chi connectivity index (χ2v) is 5.79. The van der Waals surface area contributed by atoms with Crippen molar-refractivity contribution in [2.45, 2.75) is 18.9 Å². The van der Waals surface area contributed by atoms with E-state index in [1.54, 1.807) is 18.3 Å². The number of anilines is 3. The highest BCUT2D eigenvalue weighted by atomic mass is 127. The molecular formula is C14H12IN5. The van der Waals surface area contributed by atoms with Crippen LogP contribution >= 0.6 is 22.6 Å². The van der Waals surface area contributed by atoms with E-state index in [4.69, 9.17) is 5.26 Å². The lowest BCUT2D eigenvalue weighted by Crippen LogP contribution is -2.07. The topological polar surface area (TPSA) is 73.6 Å². The molecule has 20 heavy (non-hydrogen) atoms. The molecule has 1 aromatic carbocycles. The first kappa shape index (κ1) is 13.1. The van der Waals surface area contributed by atoms with E-state index in [0.717, 1.165) is 15.1 Å². The summed E-state index contributed by atoms with van der Waals surface area (Å²) in [5, 5.41) is 15.3. The van der Waals surface area contributed by atoms with Gasteiger partial charge in [0.1, 0.15) is 5.82 Å². The fraction of sp³-hybridized carbons (Fsp3) is 0.214. The van der Waals surface area contributed by atoms with Crippen LogP contribution in [-0.2, 0) is 0 Å². The number of nitrogens with one attached hydrogen (secondary N) is 2. The highest BCUT2D eigenvalue weighted by Gasteiger charge is 2.22. The van der Waals surface area contributed by atoms with Crippen molar-refractivity contribution in [3.05, 3.63) is 39.6 Å². The Morgan fingerprint density at radius 1 is 1.25 bits per heavy atom. The lowest BCUT2D eigenvalue weighted by atomic mass is 10.2. The molecule has 1 aromatic heterocycles. The molecule has 1 aliphatic rings. The van der Waals surface area contributed by atoms with Crippen LogP contribution in [0.5, 0.6) is 0 Å². The Morgan fingerprint density at radius 2 is 2.00 bits per heavy atom. The van der Waals surface area contributed by atoms with Crippen LogP contribution in [0.1, 0.15) is 18.4 Å². The van der Waals surface area contributed by atoms with Crippen molar-refractivity contribution < 1.29 is 0 Å². The third-order valence-electron chi connectivity index (χ3n) is 2.93. The van der Waals surface area contributed by atoms with Crippen molar-refractivity contribution in [3.8, 4) is 6.07 Å². The summed E-state index contributed by atoms with van der Waals surface area (Å²) in [4.78, 5) is 8.75. The van der Waals surface area contributed by atoms with Gasteiger partial charge in [-0.25, -0.2) is 4.98 Å². The van der Waals surface area contributed by atoms with E-state index in [9.17, 15) is 0 Å². The van der Waals surface area contributed by atoms with Crippen molar-refractivity contribution in [1.82, 2.24) is 9.97 Å². The maximum Gasteiger partial charge on any atom is 0.229 e. The first-order chi connectivity index (χ1) is 9.74. The van der Waals surface area contributed by atoms with Gasteiger partial charge in [0.25, 0.3) is 0 Å². The molecule has 1 aliphatic carbocycles. The monoisotopic (exact) mass is 377 g/mol. The molecule has 0 bridgehead atoms. The second-order valence-electron chi connectivity index (χ2n) is 4.62. The van der Waals surface area contributed by atoms with Gasteiger partial charge in [0.2, 0.25) is 5.95 Å². The lowest BCUT2D eigenvalue weighted by molar-refractivity contribution is 1.07. The fourth-order valence-corrected chi connectivity index (χ4v) is 2.12. The fourth-order valence-electron chi connectivity index (χ4n) is 1.71. The first-order valence-corrected chi connectivity index (χ1v) is 7.39. The molecule has 0 radical (unpaired) electrons. The molecule has 0 atom stereocenters. The maximum atomic E-state index is 8.77. The molecule has 0 amide bonds. The minimum Gasteiger partial charge on any atom is -0.366 e. The van der Waals surface area contributed by atoms with Crippen LogP contribution in [0.3, 0.4) is 0 Å². The SMILES string of the molecule is N#Cc1ccc(Nc2ncc(I)c(NC3CC3)n2)cc1. The third kappa shape index (κ3) is 3.17. The number of hydrogen-bond acceptors (Lipinski definition) is 5. The van der Waals surface area contributed by atoms with Crippen molar-refractivity contribution in [2.24, 2.45) is 0 Å². The standard InChI is InChI=1S/C14H12IN5/c15-12-8-17-14(20-13(12)18-10-5-6-10)19-11-3-1-9(7-16)2-4-11/h1-4,8,10H,5-6H2,(H2,17,18,19,20). The van der Waals surface area contributed by atoms with Crippen LogP contribution < -0.4 is 10.6 Å². The van der Waals surface area contributed by atoms with Crippen LogP contribution in [0, 0.1) is 14.9 Å². The molecule has 0 aliphatic heterocycles. The molecule has 0 unspecified atom stereocenters. The Balaban J connectivity index is 1.77. The van der Waals surface area contributed by atoms with Gasteiger partial charge in [0, 0.05) is 17.9 Å². The Bertz CT molecular complexity index is 658. The molecule has 6 heteroatoms. The summed E-state index contributed by atoms with van der Waals surface area (Å²) >= 11 is 2.23. The Morgan fingerprint density at radius 3 is 2.65 bits per heavy atom. The van der Waals surface area contributed by atoms with Gasteiger partial charge in [-0.05, 0) is 59.7 Å². The summed E-state index contributed by atoms with van der Waals surface area (Å²) in [6.45, 7) is 0. The van der Waals surface area contributed by atoms with E-state index in [-0.39, 0.29) is 0 Å². The lowest BCUT2D eigenvalue weighted by Gasteiger charge is -2.09. The predicted octanol–water partition coefficient (Wildman–Crippen LogP) is 3.27. The van der Waals surface area contributed by atoms with Crippen LogP contribution in [0.15, 0.2) is 30.5 Å². The number of aromatic nitrogens is 2. The van der Waals surface area contributed by atoms with Gasteiger partial charge < -0.3 is 10.6 Å². The van der Waals surface area contributed by atoms with Crippen molar-refractivity contribution >= 4 is 40.0 Å². The highest BCUT2D eigenvalue weighted by molar-refractivity contribution is 14.1. The number of hydrogen-bond donors (Lipinski definition) is 2. The first-order valence-electron chi connectivity index (χ1n) is 6.31. The average Bonchev–Trinajstić information content (AvgIpc) is 3.27. The molecule has 3 rings (SSSR count). The Kier molecular flexibility index (Phi) is 3.69. The van der Waals surface area contributed by atoms with Gasteiger partial charge >= 0.3 is 0 Å². The number of rotatable bonds is 4. The smallest absolute Gasteiger partial charge is 0.229 e. The normalized spacial score (nSPS) is 13.6. The van der Waals surface area contributed by atoms with Gasteiger partial charge in [0.05, 0.1) is 15.2 Å². The van der Waals surface area contributed by atoms with Gasteiger partial charge in [-0.3, -0.25) is 0 Å². The van der Waals surface area contributed by atoms with Gasteiger partial charge in [0.15, 0.2) is 0 Å². The Hall–Kier alpha value is -1.88. The van der Waals surface area contributed by atoms with E-state index in [0.29, 0.717) is 17.6 Å². The zero-order valence-electron chi connectivity index (χ0n) is 10.6. The molecule has 2 aromatic rings. The summed E-state index contributed by atoms with van der Waals surface area (Å²) in [6, 6.07) is 9.86. The van der Waals surface area contributed by atoms with Crippen LogP contribution in [0.2, 0.25) is 0 Å².